The number of para-hydroxylation sites is 1. The molecule has 0 amide bonds. The molecule has 3 aromatic rings. The lowest BCUT2D eigenvalue weighted by Gasteiger charge is -2.45. The maximum absolute atomic E-state index is 14.0. The van der Waals surface area contributed by atoms with Crippen LogP contribution in [0.4, 0.5) is 5.69 Å². The van der Waals surface area contributed by atoms with E-state index in [1.54, 1.807) is 0 Å². The van der Waals surface area contributed by atoms with E-state index in [1.807, 2.05) is 72.8 Å². The Morgan fingerprint density at radius 2 is 1.52 bits per heavy atom. The summed E-state index contributed by atoms with van der Waals surface area (Å²) in [5.41, 5.74) is 1.17. The largest absolute Gasteiger partial charge is 0.468 e. The third-order valence-corrected chi connectivity index (χ3v) is 23.9. The number of hydrogen-bond acceptors (Lipinski definition) is 8. The van der Waals surface area contributed by atoms with Crippen LogP contribution in [0.5, 0.6) is 0 Å². The van der Waals surface area contributed by atoms with Crippen molar-refractivity contribution in [1.29, 1.82) is 0 Å². The van der Waals surface area contributed by atoms with Gasteiger partial charge in [0.1, 0.15) is 5.92 Å². The Labute approximate surface area is 389 Å². The normalized spacial score (nSPS) is 17.2. The molecule has 1 heterocycles. The van der Waals surface area contributed by atoms with Crippen molar-refractivity contribution < 1.29 is 32.7 Å². The van der Waals surface area contributed by atoms with Crippen LogP contribution in [-0.4, -0.2) is 79.5 Å². The molecule has 3 aromatic carbocycles. The van der Waals surface area contributed by atoms with Gasteiger partial charge in [0.15, 0.2) is 22.9 Å². The van der Waals surface area contributed by atoms with Gasteiger partial charge in [-0.3, -0.25) is 4.79 Å². The van der Waals surface area contributed by atoms with Crippen molar-refractivity contribution in [2.75, 3.05) is 32.2 Å². The summed E-state index contributed by atoms with van der Waals surface area (Å²) in [6, 6.07) is 31.5. The van der Waals surface area contributed by atoms with E-state index in [9.17, 15) is 9.59 Å². The highest BCUT2D eigenvalue weighted by atomic mass is 32.1. The molecular formula is C51H79NO7SSi3. The van der Waals surface area contributed by atoms with Gasteiger partial charge in [-0.05, 0) is 122 Å². The number of carbonyl (C=O) groups excluding carboxylic acids is 1. The molecule has 4 rings (SSSR count). The zero-order valence-electron chi connectivity index (χ0n) is 40.2. The first-order valence-electron chi connectivity index (χ1n) is 23.5. The number of methoxy groups -OCH3 is 1. The second-order valence-corrected chi connectivity index (χ2v) is 32.7. The van der Waals surface area contributed by atoms with Gasteiger partial charge in [0.25, 0.3) is 8.32 Å². The van der Waals surface area contributed by atoms with Crippen molar-refractivity contribution in [2.45, 2.75) is 148 Å². The molecular weight excluding hydrogens is 855 g/mol. The summed E-state index contributed by atoms with van der Waals surface area (Å²) in [6.07, 6.45) is 10.3. The fourth-order valence-corrected chi connectivity index (χ4v) is 17.6. The summed E-state index contributed by atoms with van der Waals surface area (Å²) in [6.45, 7) is 21.9. The summed E-state index contributed by atoms with van der Waals surface area (Å²) in [4.78, 5) is 27.6. The SMILES string of the molecule is CC[C@@](CO[Si](CC)(CC)CC)(C[C@H](CCC(C)(C)[Si](O)(c1ccccc1)c1ccccc1)CC(C(=O)OC)C(=S)Nc1ccccc1/C=C\COC1CCCCO1)O[Si](C)(C)C. The highest BCUT2D eigenvalue weighted by Crippen LogP contribution is 2.44. The Hall–Kier alpha value is -2.79. The summed E-state index contributed by atoms with van der Waals surface area (Å²) in [5.74, 6) is -1.13. The number of thiocarbonyl (C=S) groups is 1. The number of ether oxygens (including phenoxy) is 3. The van der Waals surface area contributed by atoms with Gasteiger partial charge in [-0.1, -0.05) is 145 Å². The second kappa shape index (κ2) is 24.7. The molecule has 63 heavy (non-hydrogen) atoms. The van der Waals surface area contributed by atoms with Crippen LogP contribution in [0.1, 0.15) is 98.5 Å². The topological polar surface area (TPSA) is 95.5 Å². The molecule has 1 aliphatic heterocycles. The zero-order valence-corrected chi connectivity index (χ0v) is 44.0. The number of rotatable bonds is 26. The highest BCUT2D eigenvalue weighted by molar-refractivity contribution is 7.80. The number of nitrogens with one attached hydrogen (secondary N) is 1. The first kappa shape index (κ1) is 52.8. The van der Waals surface area contributed by atoms with Gasteiger partial charge in [-0.2, -0.15) is 0 Å². The van der Waals surface area contributed by atoms with E-state index in [2.05, 4.69) is 90.8 Å². The first-order valence-corrected chi connectivity index (χ1v) is 31.8. The standard InChI is InChI=1S/C51H79NO7SSi3/c1-11-51(59-61(8,9)10,40-58-62(12-2,13-3)14-4)39-41(34-35-50(5,6)63(54,43-28-17-15-18-29-43)44-30-19-16-20-31-44)38-45(49(53)55-7)48(60)52-46-32-22-21-26-42(46)27-25-37-57-47-33-23-24-36-56-47/h15-22,25-32,41,45,47,54H,11-14,23-24,33-40H2,1-10H3,(H,52,60)/b27-25-/t41-,45?,47?,51+/m1/s1. The summed E-state index contributed by atoms with van der Waals surface area (Å²) >= 11 is 6.19. The lowest BCUT2D eigenvalue weighted by molar-refractivity contribution is -0.155. The lowest BCUT2D eigenvalue weighted by Crippen LogP contribution is -2.65. The third kappa shape index (κ3) is 14.9. The number of esters is 1. The summed E-state index contributed by atoms with van der Waals surface area (Å²) in [5, 5.41) is 4.95. The van der Waals surface area contributed by atoms with Crippen LogP contribution in [0.15, 0.2) is 91.0 Å². The predicted molar refractivity (Wildman–Crippen MR) is 273 cm³/mol. The predicted octanol–water partition coefficient (Wildman–Crippen LogP) is 11.5. The third-order valence-electron chi connectivity index (χ3n) is 13.3. The van der Waals surface area contributed by atoms with Crippen LogP contribution in [-0.2, 0) is 27.9 Å². The van der Waals surface area contributed by atoms with Gasteiger partial charge in [0, 0.05) is 12.3 Å². The van der Waals surface area contributed by atoms with Gasteiger partial charge < -0.3 is 33.2 Å². The molecule has 0 spiro atoms. The summed E-state index contributed by atoms with van der Waals surface area (Å²) < 4.78 is 31.7. The maximum Gasteiger partial charge on any atom is 0.315 e. The monoisotopic (exact) mass is 933 g/mol. The van der Waals surface area contributed by atoms with Crippen LogP contribution in [0.3, 0.4) is 0 Å². The van der Waals surface area contributed by atoms with E-state index < -0.39 is 41.5 Å². The molecule has 1 saturated heterocycles. The molecule has 8 nitrogen and oxygen atoms in total. The molecule has 4 atom stereocenters. The molecule has 0 saturated carbocycles. The zero-order chi connectivity index (χ0) is 46.2. The van der Waals surface area contributed by atoms with Crippen molar-refractivity contribution in [1.82, 2.24) is 0 Å². The fraction of sp³-hybridized carbons (Fsp3) is 0.569. The van der Waals surface area contributed by atoms with Crippen molar-refractivity contribution in [2.24, 2.45) is 11.8 Å². The Kier molecular flexibility index (Phi) is 20.7. The van der Waals surface area contributed by atoms with E-state index >= 15 is 0 Å². The Morgan fingerprint density at radius 3 is 2.06 bits per heavy atom. The van der Waals surface area contributed by atoms with Gasteiger partial charge in [-0.15, -0.1) is 0 Å². The van der Waals surface area contributed by atoms with Gasteiger partial charge in [0.2, 0.25) is 0 Å². The van der Waals surface area contributed by atoms with Gasteiger partial charge >= 0.3 is 5.97 Å². The average molecular weight is 935 g/mol. The van der Waals surface area contributed by atoms with Crippen LogP contribution < -0.4 is 15.7 Å². The minimum atomic E-state index is -3.32. The molecule has 348 valence electrons. The smallest absolute Gasteiger partial charge is 0.315 e. The number of hydrogen-bond donors (Lipinski definition) is 2. The minimum Gasteiger partial charge on any atom is -0.468 e. The number of benzene rings is 3. The molecule has 0 bridgehead atoms. The Balaban J connectivity index is 1.72. The molecule has 1 aliphatic rings. The van der Waals surface area contributed by atoms with E-state index in [0.717, 1.165) is 78.5 Å². The van der Waals surface area contributed by atoms with Crippen molar-refractivity contribution in [3.63, 3.8) is 0 Å². The van der Waals surface area contributed by atoms with E-state index in [-0.39, 0.29) is 18.2 Å². The van der Waals surface area contributed by atoms with E-state index in [1.165, 1.54) is 7.11 Å². The van der Waals surface area contributed by atoms with Gasteiger partial charge in [0.05, 0.1) is 30.9 Å². The van der Waals surface area contributed by atoms with Crippen LogP contribution in [0, 0.1) is 11.8 Å². The second-order valence-electron chi connectivity index (χ2n) is 19.1. The van der Waals surface area contributed by atoms with Crippen molar-refractivity contribution in [3.8, 4) is 0 Å². The lowest BCUT2D eigenvalue weighted by atomic mass is 9.80. The molecule has 2 unspecified atom stereocenters. The van der Waals surface area contributed by atoms with Crippen LogP contribution in [0.2, 0.25) is 42.8 Å². The molecule has 1 fully saturated rings. The Morgan fingerprint density at radius 1 is 0.921 bits per heavy atom. The fourth-order valence-electron chi connectivity index (χ4n) is 9.26. The first-order chi connectivity index (χ1) is 30.0. The Bertz CT molecular complexity index is 1820. The molecule has 0 aromatic heterocycles. The molecule has 0 aliphatic carbocycles. The van der Waals surface area contributed by atoms with Gasteiger partial charge in [-0.25, -0.2) is 0 Å². The van der Waals surface area contributed by atoms with Crippen LogP contribution in [0.25, 0.3) is 6.08 Å². The minimum absolute atomic E-state index is 0.0342. The van der Waals surface area contributed by atoms with Crippen LogP contribution >= 0.6 is 12.2 Å². The van der Waals surface area contributed by atoms with Crippen molar-refractivity contribution in [3.05, 3.63) is 96.6 Å². The molecule has 2 N–H and O–H groups in total. The average Bonchev–Trinajstić information content (AvgIpc) is 3.29. The molecule has 12 heteroatoms. The van der Waals surface area contributed by atoms with E-state index in [0.29, 0.717) is 37.5 Å². The number of anilines is 1. The highest BCUT2D eigenvalue weighted by Gasteiger charge is 2.50. The van der Waals surface area contributed by atoms with E-state index in [4.69, 9.17) is 35.3 Å². The van der Waals surface area contributed by atoms with Crippen molar-refractivity contribution >= 4 is 70.3 Å². The maximum atomic E-state index is 14.0. The summed E-state index contributed by atoms with van der Waals surface area (Å²) in [7, 11) is -5.97. The number of carbonyl (C=O) groups is 1. The quantitative estimate of drug-likeness (QED) is 0.0463. The molecule has 0 radical (unpaired) electrons.